The van der Waals surface area contributed by atoms with Crippen LogP contribution in [-0.4, -0.2) is 60.5 Å². The van der Waals surface area contributed by atoms with Crippen LogP contribution in [0.4, 0.5) is 23.7 Å². The third kappa shape index (κ3) is 6.61. The molecule has 1 fully saturated rings. The van der Waals surface area contributed by atoms with Gasteiger partial charge in [-0.15, -0.1) is 0 Å². The Morgan fingerprint density at radius 1 is 1.07 bits per heavy atom. The number of amides is 1. The number of carbonyl (C=O) groups is 1. The Kier molecular flexibility index (Phi) is 7.88. The van der Waals surface area contributed by atoms with Crippen LogP contribution >= 0.6 is 0 Å². The number of rotatable bonds is 5. The molecule has 1 aliphatic heterocycles. The van der Waals surface area contributed by atoms with Gasteiger partial charge in [0.05, 0.1) is 16.8 Å². The second kappa shape index (κ2) is 11.2. The van der Waals surface area contributed by atoms with Crippen LogP contribution in [0.2, 0.25) is 0 Å². The predicted octanol–water partition coefficient (Wildman–Crippen LogP) is 5.91. The molecule has 2 aromatic carbocycles. The highest BCUT2D eigenvalue weighted by Crippen LogP contribution is 2.43. The van der Waals surface area contributed by atoms with Gasteiger partial charge < -0.3 is 19.9 Å². The number of hydrogen-bond donors (Lipinski definition) is 2. The number of pyridine rings is 1. The summed E-state index contributed by atoms with van der Waals surface area (Å²) in [6.07, 6.45) is 2.79. The number of alkyl carbamates (subject to hydrolysis) is 1. The number of ether oxygens (including phenoxy) is 1. The Labute approximate surface area is 247 Å². The molecule has 1 saturated heterocycles. The molecule has 3 heterocycles. The number of aromatic amines is 1. The maximum atomic E-state index is 14.7. The third-order valence-corrected chi connectivity index (χ3v) is 8.01. The average molecular weight is 616 g/mol. The van der Waals surface area contributed by atoms with E-state index in [1.807, 2.05) is 4.90 Å². The first-order valence-electron chi connectivity index (χ1n) is 13.7. The standard InChI is InChI=1S/C30H32F3N5O4S/c1-16-10-17(12-18(31)11-16)21-15-34-28(43(5,40)41)24(27-36-23-14-19(32)13-22(33)25(23)37-27)26(21)38-8-6-20(7-9-38)35-29(39)42-30(2,3)4/h10-15,20H,6-9H2,1-5H3,(H,35,39)(H,36,37). The summed E-state index contributed by atoms with van der Waals surface area (Å²) in [5.41, 5.74) is 1.15. The first-order valence-corrected chi connectivity index (χ1v) is 15.6. The Morgan fingerprint density at radius 3 is 2.37 bits per heavy atom. The summed E-state index contributed by atoms with van der Waals surface area (Å²) in [4.78, 5) is 25.8. The number of sulfone groups is 1. The van der Waals surface area contributed by atoms with Crippen molar-refractivity contribution in [2.75, 3.05) is 24.2 Å². The number of fused-ring (bicyclic) bond motifs is 1. The van der Waals surface area contributed by atoms with E-state index in [-0.39, 0.29) is 33.5 Å². The van der Waals surface area contributed by atoms with E-state index in [0.29, 0.717) is 54.4 Å². The monoisotopic (exact) mass is 615 g/mol. The average Bonchev–Trinajstić information content (AvgIpc) is 3.30. The van der Waals surface area contributed by atoms with Crippen LogP contribution in [0.25, 0.3) is 33.5 Å². The quantitative estimate of drug-likeness (QED) is 0.287. The van der Waals surface area contributed by atoms with Crippen molar-refractivity contribution < 1.29 is 31.1 Å². The number of aromatic nitrogens is 3. The van der Waals surface area contributed by atoms with Crippen LogP contribution in [0.15, 0.2) is 41.6 Å². The molecular formula is C30H32F3N5O4S. The number of hydrogen-bond acceptors (Lipinski definition) is 7. The fraction of sp³-hybridized carbons (Fsp3) is 0.367. The molecule has 43 heavy (non-hydrogen) atoms. The van der Waals surface area contributed by atoms with Gasteiger partial charge in [-0.05, 0) is 69.9 Å². The summed E-state index contributed by atoms with van der Waals surface area (Å²) >= 11 is 0. The number of nitrogens with one attached hydrogen (secondary N) is 2. The van der Waals surface area contributed by atoms with Crippen LogP contribution < -0.4 is 10.2 Å². The van der Waals surface area contributed by atoms with Crippen molar-refractivity contribution in [3.8, 4) is 22.5 Å². The van der Waals surface area contributed by atoms with Crippen LogP contribution in [0.3, 0.4) is 0 Å². The maximum Gasteiger partial charge on any atom is 0.407 e. The van der Waals surface area contributed by atoms with Crippen molar-refractivity contribution in [3.63, 3.8) is 0 Å². The van der Waals surface area contributed by atoms with Crippen molar-refractivity contribution in [2.45, 2.75) is 57.2 Å². The van der Waals surface area contributed by atoms with E-state index in [2.05, 4.69) is 20.3 Å². The highest BCUT2D eigenvalue weighted by molar-refractivity contribution is 7.90. The minimum atomic E-state index is -3.97. The molecule has 2 N–H and O–H groups in total. The van der Waals surface area contributed by atoms with Gasteiger partial charge in [-0.25, -0.2) is 36.4 Å². The van der Waals surface area contributed by atoms with Gasteiger partial charge >= 0.3 is 6.09 Å². The summed E-state index contributed by atoms with van der Waals surface area (Å²) in [6, 6.07) is 5.98. The van der Waals surface area contributed by atoms with Gasteiger partial charge in [0.25, 0.3) is 0 Å². The Hall–Kier alpha value is -4.13. The lowest BCUT2D eigenvalue weighted by atomic mass is 9.97. The molecule has 5 rings (SSSR count). The number of H-pyrrole nitrogens is 1. The lowest BCUT2D eigenvalue weighted by Gasteiger charge is -2.36. The van der Waals surface area contributed by atoms with Crippen molar-refractivity contribution in [1.82, 2.24) is 20.3 Å². The molecule has 9 nitrogen and oxygen atoms in total. The third-order valence-electron chi connectivity index (χ3n) is 6.99. The van der Waals surface area contributed by atoms with Gasteiger partial charge in [0.15, 0.2) is 20.7 Å². The van der Waals surface area contributed by atoms with Crippen molar-refractivity contribution in [3.05, 3.63) is 59.5 Å². The summed E-state index contributed by atoms with van der Waals surface area (Å²) < 4.78 is 74.9. The molecule has 0 unspecified atom stereocenters. The highest BCUT2D eigenvalue weighted by Gasteiger charge is 2.32. The van der Waals surface area contributed by atoms with Gasteiger partial charge in [-0.1, -0.05) is 6.07 Å². The van der Waals surface area contributed by atoms with Crippen molar-refractivity contribution >= 4 is 32.7 Å². The SMILES string of the molecule is Cc1cc(F)cc(-c2cnc(S(C)(=O)=O)c(-c3nc4c(F)cc(F)cc4[nH]3)c2N2CCC(NC(=O)OC(C)(C)C)CC2)c1. The predicted molar refractivity (Wildman–Crippen MR) is 157 cm³/mol. The van der Waals surface area contributed by atoms with Crippen LogP contribution in [-0.2, 0) is 14.6 Å². The highest BCUT2D eigenvalue weighted by atomic mass is 32.2. The summed E-state index contributed by atoms with van der Waals surface area (Å²) in [5.74, 6) is -2.27. The van der Waals surface area contributed by atoms with Crippen LogP contribution in [0.1, 0.15) is 39.2 Å². The second-order valence-electron chi connectivity index (χ2n) is 11.8. The van der Waals surface area contributed by atoms with E-state index >= 15 is 0 Å². The summed E-state index contributed by atoms with van der Waals surface area (Å²) in [6.45, 7) is 7.78. The van der Waals surface area contributed by atoms with Crippen molar-refractivity contribution in [2.24, 2.45) is 0 Å². The van der Waals surface area contributed by atoms with Crippen LogP contribution in [0.5, 0.6) is 0 Å². The number of anilines is 1. The fourth-order valence-electron chi connectivity index (χ4n) is 5.29. The van der Waals surface area contributed by atoms with Gasteiger partial charge in [0.1, 0.15) is 28.6 Å². The molecule has 0 bridgehead atoms. The zero-order valence-corrected chi connectivity index (χ0v) is 25.2. The zero-order chi connectivity index (χ0) is 31.3. The van der Waals surface area contributed by atoms with E-state index in [9.17, 15) is 26.4 Å². The number of carbonyl (C=O) groups excluding carboxylic acids is 1. The first-order chi connectivity index (χ1) is 20.1. The molecule has 1 aliphatic rings. The first kappa shape index (κ1) is 30.3. The van der Waals surface area contributed by atoms with E-state index in [0.717, 1.165) is 12.3 Å². The topological polar surface area (TPSA) is 117 Å². The molecule has 228 valence electrons. The number of benzene rings is 2. The molecule has 1 amide bonds. The molecule has 2 aromatic heterocycles. The summed E-state index contributed by atoms with van der Waals surface area (Å²) in [5, 5.41) is 2.55. The Balaban J connectivity index is 1.67. The number of imidazole rings is 1. The fourth-order valence-corrected chi connectivity index (χ4v) is 6.10. The normalized spacial score (nSPS) is 14.7. The van der Waals surface area contributed by atoms with E-state index in [1.165, 1.54) is 18.3 Å². The molecule has 0 radical (unpaired) electrons. The molecule has 0 spiro atoms. The van der Waals surface area contributed by atoms with E-state index in [1.54, 1.807) is 33.8 Å². The van der Waals surface area contributed by atoms with E-state index in [4.69, 9.17) is 4.74 Å². The van der Waals surface area contributed by atoms with Gasteiger partial charge in [0.2, 0.25) is 0 Å². The van der Waals surface area contributed by atoms with Gasteiger partial charge in [0, 0.05) is 43.2 Å². The number of piperidine rings is 1. The largest absolute Gasteiger partial charge is 0.444 e. The molecule has 4 aromatic rings. The van der Waals surface area contributed by atoms with Gasteiger partial charge in [-0.3, -0.25) is 0 Å². The molecule has 0 aliphatic carbocycles. The lowest BCUT2D eigenvalue weighted by molar-refractivity contribution is 0.0497. The number of halogens is 3. The van der Waals surface area contributed by atoms with Crippen molar-refractivity contribution in [1.29, 1.82) is 0 Å². The van der Waals surface area contributed by atoms with E-state index < -0.39 is 39.0 Å². The molecule has 13 heteroatoms. The Bertz CT molecular complexity index is 1810. The van der Waals surface area contributed by atoms with Crippen LogP contribution in [0, 0.1) is 24.4 Å². The number of nitrogens with zero attached hydrogens (tertiary/aromatic N) is 3. The summed E-state index contributed by atoms with van der Waals surface area (Å²) in [7, 11) is -3.97. The maximum absolute atomic E-state index is 14.7. The second-order valence-corrected chi connectivity index (χ2v) is 13.7. The number of aryl methyl sites for hydroxylation is 1. The smallest absolute Gasteiger partial charge is 0.407 e. The van der Waals surface area contributed by atoms with Gasteiger partial charge in [-0.2, -0.15) is 0 Å². The molecular weight excluding hydrogens is 583 g/mol. The zero-order valence-electron chi connectivity index (χ0n) is 24.4. The Morgan fingerprint density at radius 2 is 1.74 bits per heavy atom. The minimum Gasteiger partial charge on any atom is -0.444 e. The lowest BCUT2D eigenvalue weighted by Crippen LogP contribution is -2.46. The minimum absolute atomic E-state index is 0.0326. The molecule has 0 saturated carbocycles. The molecule has 0 atom stereocenters.